The Balaban J connectivity index is 1.15. The second-order valence-electron chi connectivity index (χ2n) is 14.2. The van der Waals surface area contributed by atoms with Gasteiger partial charge in [0.05, 0.1) is 35.8 Å². The first kappa shape index (κ1) is 29.2. The van der Waals surface area contributed by atoms with E-state index in [0.717, 1.165) is 84.7 Å². The minimum absolute atomic E-state index is 0.000593. The maximum atomic E-state index is 14.0. The molecule has 2 saturated heterocycles. The molecule has 2 N–H and O–H groups in total. The summed E-state index contributed by atoms with van der Waals surface area (Å²) in [4.78, 5) is 32.7. The molecule has 11 nitrogen and oxygen atoms in total. The summed E-state index contributed by atoms with van der Waals surface area (Å²) in [6.07, 6.45) is 10.8. The van der Waals surface area contributed by atoms with Crippen LogP contribution in [0.5, 0.6) is 5.75 Å². The molecule has 9 rings (SSSR count). The van der Waals surface area contributed by atoms with Crippen LogP contribution in [0.2, 0.25) is 0 Å². The number of imidazole rings is 1. The van der Waals surface area contributed by atoms with Gasteiger partial charge in [0.2, 0.25) is 0 Å². The Morgan fingerprint density at radius 1 is 1.04 bits per heavy atom. The molecule has 244 valence electrons. The van der Waals surface area contributed by atoms with Crippen LogP contribution in [-0.4, -0.2) is 73.7 Å². The fraction of sp³-hybridized carbons (Fsp3) is 0.432. The van der Waals surface area contributed by atoms with Crippen molar-refractivity contribution in [3.05, 3.63) is 66.1 Å². The van der Waals surface area contributed by atoms with Gasteiger partial charge in [0.1, 0.15) is 23.0 Å². The molecule has 11 heteroatoms. The molecule has 4 aromatic heterocycles. The van der Waals surface area contributed by atoms with Crippen LogP contribution in [0.1, 0.15) is 48.0 Å². The average Bonchev–Trinajstić information content (AvgIpc) is 3.43. The molecule has 1 aromatic carbocycles. The smallest absolute Gasteiger partial charge is 0.254 e. The van der Waals surface area contributed by atoms with Gasteiger partial charge in [-0.3, -0.25) is 9.78 Å². The van der Waals surface area contributed by atoms with Crippen molar-refractivity contribution >= 4 is 33.7 Å². The number of rotatable bonds is 8. The Kier molecular flexibility index (Phi) is 6.90. The first-order valence-electron chi connectivity index (χ1n) is 17.2. The second-order valence-corrected chi connectivity index (χ2v) is 14.2. The van der Waals surface area contributed by atoms with Gasteiger partial charge >= 0.3 is 0 Å². The Bertz CT molecular complexity index is 2110. The molecule has 0 radical (unpaired) electrons. The third-order valence-corrected chi connectivity index (χ3v) is 11.2. The van der Waals surface area contributed by atoms with Crippen LogP contribution in [0.15, 0.2) is 55.0 Å². The number of hydrogen-bond acceptors (Lipinski definition) is 8. The summed E-state index contributed by atoms with van der Waals surface area (Å²) >= 11 is 0. The van der Waals surface area contributed by atoms with Crippen molar-refractivity contribution in [3.63, 3.8) is 0 Å². The summed E-state index contributed by atoms with van der Waals surface area (Å²) < 4.78 is 10.7. The van der Waals surface area contributed by atoms with Gasteiger partial charge in [0.25, 0.3) is 5.91 Å². The van der Waals surface area contributed by atoms with Gasteiger partial charge in [-0.15, -0.1) is 0 Å². The number of fused-ring (bicyclic) bond motifs is 4. The lowest BCUT2D eigenvalue weighted by Gasteiger charge is -2.27. The van der Waals surface area contributed by atoms with E-state index in [1.807, 2.05) is 41.6 Å². The molecule has 4 atom stereocenters. The highest BCUT2D eigenvalue weighted by Crippen LogP contribution is 2.41. The summed E-state index contributed by atoms with van der Waals surface area (Å²) in [6.45, 7) is 4.05. The van der Waals surface area contributed by atoms with Gasteiger partial charge < -0.3 is 29.4 Å². The number of ether oxygens (including phenoxy) is 1. The van der Waals surface area contributed by atoms with Gasteiger partial charge in [0, 0.05) is 68.2 Å². The van der Waals surface area contributed by atoms with E-state index in [0.29, 0.717) is 41.2 Å². The molecule has 2 saturated carbocycles. The van der Waals surface area contributed by atoms with E-state index < -0.39 is 0 Å². The summed E-state index contributed by atoms with van der Waals surface area (Å²) in [7, 11) is 1.67. The fourth-order valence-electron chi connectivity index (χ4n) is 8.48. The van der Waals surface area contributed by atoms with E-state index in [2.05, 4.69) is 37.2 Å². The van der Waals surface area contributed by atoms with Crippen molar-refractivity contribution in [2.45, 2.75) is 57.3 Å². The Morgan fingerprint density at radius 2 is 1.92 bits per heavy atom. The zero-order valence-electron chi connectivity index (χ0n) is 27.1. The van der Waals surface area contributed by atoms with Crippen LogP contribution in [0, 0.1) is 29.1 Å². The monoisotopic (exact) mass is 641 g/mol. The zero-order chi connectivity index (χ0) is 32.5. The molecular weight excluding hydrogens is 602 g/mol. The molecular formula is C37H39N9O2. The highest BCUT2D eigenvalue weighted by Gasteiger charge is 2.47. The summed E-state index contributed by atoms with van der Waals surface area (Å²) in [5, 5.41) is 10.5. The number of nitrogens with zero attached hydrogens (tertiary/aromatic N) is 8. The lowest BCUT2D eigenvalue weighted by atomic mass is 10.1. The van der Waals surface area contributed by atoms with Gasteiger partial charge in [-0.25, -0.2) is 9.97 Å². The number of methoxy groups -OCH3 is 1. The standard InChI is InChI=1S/C37H39N9O2/c1-48-32-14-27(37(47)45-21-26-6-7-30(45)33(26)39)12-29-34(32)46(20-23-8-10-43(18-23)28-11-24(15-38)16-40-17-28)36(42-29)31-13-25-3-2-9-41-35(25)44(31)19-22-4-5-22/h2-3,9,11-14,16-17,22-23,26,30,33H,4-8,10,18-21,39H2,1H3/t23-,26-,30-,33-/m1/s1. The van der Waals surface area contributed by atoms with Gasteiger partial charge in [0.15, 0.2) is 5.82 Å². The van der Waals surface area contributed by atoms with Crippen molar-refractivity contribution in [1.82, 2.24) is 29.0 Å². The van der Waals surface area contributed by atoms with Crippen LogP contribution < -0.4 is 15.4 Å². The van der Waals surface area contributed by atoms with Gasteiger partial charge in [-0.2, -0.15) is 5.26 Å². The SMILES string of the molecule is COc1cc(C(=O)N2C[C@H]3CC[C@@H]2[C@@H]3N)cc2nc(-c3cc4cccnc4n3CC3CC3)n(C[C@@H]3CCN(c4cncc(C#N)c4)C3)c12. The maximum absolute atomic E-state index is 14.0. The number of piperidine rings is 1. The molecule has 4 fully saturated rings. The van der Waals surface area contributed by atoms with E-state index in [4.69, 9.17) is 20.4 Å². The minimum atomic E-state index is 0.000593. The van der Waals surface area contributed by atoms with Crippen molar-refractivity contribution in [2.24, 2.45) is 23.5 Å². The van der Waals surface area contributed by atoms with E-state index in [1.165, 1.54) is 12.8 Å². The molecule has 1 amide bonds. The first-order valence-corrected chi connectivity index (χ1v) is 17.2. The largest absolute Gasteiger partial charge is 0.494 e. The van der Waals surface area contributed by atoms with E-state index in [1.54, 1.807) is 13.3 Å². The number of hydrogen-bond donors (Lipinski definition) is 1. The van der Waals surface area contributed by atoms with Gasteiger partial charge in [-0.1, -0.05) is 0 Å². The van der Waals surface area contributed by atoms with Crippen LogP contribution in [0.25, 0.3) is 33.6 Å². The molecule has 0 unspecified atom stereocenters. The first-order chi connectivity index (χ1) is 23.5. The number of carbonyl (C=O) groups is 1. The quantitative estimate of drug-likeness (QED) is 0.255. The molecule has 6 heterocycles. The van der Waals surface area contributed by atoms with E-state index >= 15 is 0 Å². The van der Waals surface area contributed by atoms with Crippen LogP contribution in [0.3, 0.4) is 0 Å². The lowest BCUT2D eigenvalue weighted by Crippen LogP contribution is -2.41. The third-order valence-electron chi connectivity index (χ3n) is 11.2. The van der Waals surface area contributed by atoms with Crippen LogP contribution >= 0.6 is 0 Å². The summed E-state index contributed by atoms with van der Waals surface area (Å²) in [6, 6.07) is 14.4. The predicted octanol–water partition coefficient (Wildman–Crippen LogP) is 4.83. The number of pyridine rings is 2. The molecule has 2 aliphatic carbocycles. The summed E-state index contributed by atoms with van der Waals surface area (Å²) in [5.74, 6) is 2.84. The molecule has 5 aromatic rings. The lowest BCUT2D eigenvalue weighted by molar-refractivity contribution is 0.0700. The highest BCUT2D eigenvalue weighted by molar-refractivity contribution is 6.00. The van der Waals surface area contributed by atoms with E-state index in [-0.39, 0.29) is 18.0 Å². The number of likely N-dealkylation sites (tertiary alicyclic amines) is 1. The number of carbonyl (C=O) groups excluding carboxylic acids is 1. The van der Waals surface area contributed by atoms with Crippen LogP contribution in [-0.2, 0) is 13.1 Å². The predicted molar refractivity (Wildman–Crippen MR) is 183 cm³/mol. The van der Waals surface area contributed by atoms with Gasteiger partial charge in [-0.05, 0) is 86.3 Å². The molecule has 2 bridgehead atoms. The molecule has 0 spiro atoms. The van der Waals surface area contributed by atoms with E-state index in [9.17, 15) is 10.1 Å². The topological polar surface area (TPSA) is 131 Å². The fourth-order valence-corrected chi connectivity index (χ4v) is 8.48. The Hall–Kier alpha value is -4.95. The molecule has 48 heavy (non-hydrogen) atoms. The second kappa shape index (κ2) is 11.3. The summed E-state index contributed by atoms with van der Waals surface area (Å²) in [5.41, 5.74) is 12.3. The number of benzene rings is 1. The number of anilines is 1. The Labute approximate surface area is 278 Å². The normalized spacial score (nSPS) is 23.4. The van der Waals surface area contributed by atoms with Crippen molar-refractivity contribution < 1.29 is 9.53 Å². The number of nitriles is 1. The third kappa shape index (κ3) is 4.81. The number of nitrogens with two attached hydrogens (primary N) is 1. The maximum Gasteiger partial charge on any atom is 0.254 e. The number of aromatic nitrogens is 5. The molecule has 4 aliphatic rings. The number of amides is 1. The van der Waals surface area contributed by atoms with Crippen LogP contribution in [0.4, 0.5) is 5.69 Å². The average molecular weight is 642 g/mol. The van der Waals surface area contributed by atoms with Crippen molar-refractivity contribution in [2.75, 3.05) is 31.6 Å². The molecule has 2 aliphatic heterocycles. The highest BCUT2D eigenvalue weighted by atomic mass is 16.5. The zero-order valence-corrected chi connectivity index (χ0v) is 27.1. The van der Waals surface area contributed by atoms with Crippen molar-refractivity contribution in [1.29, 1.82) is 5.26 Å². The van der Waals surface area contributed by atoms with Crippen molar-refractivity contribution in [3.8, 4) is 23.3 Å². The minimum Gasteiger partial charge on any atom is -0.494 e. The Morgan fingerprint density at radius 3 is 2.69 bits per heavy atom.